The predicted molar refractivity (Wildman–Crippen MR) is 108 cm³/mol. The van der Waals surface area contributed by atoms with Crippen molar-refractivity contribution in [2.75, 3.05) is 6.54 Å². The molecule has 1 aromatic heterocycles. The minimum atomic E-state index is 0.0194. The highest BCUT2D eigenvalue weighted by Gasteiger charge is 2.32. The van der Waals surface area contributed by atoms with Crippen molar-refractivity contribution < 1.29 is 9.59 Å². The van der Waals surface area contributed by atoms with E-state index in [0.29, 0.717) is 18.9 Å². The minimum absolute atomic E-state index is 0.0194. The quantitative estimate of drug-likeness (QED) is 0.839. The second-order valence-electron chi connectivity index (χ2n) is 7.67. The van der Waals surface area contributed by atoms with E-state index >= 15 is 0 Å². The van der Waals surface area contributed by atoms with Crippen LogP contribution in [0, 0.1) is 0 Å². The van der Waals surface area contributed by atoms with Crippen LogP contribution in [0.15, 0.2) is 24.3 Å². The molecule has 5 nitrogen and oxygen atoms in total. The van der Waals surface area contributed by atoms with E-state index in [0.717, 1.165) is 42.8 Å². The lowest BCUT2D eigenvalue weighted by molar-refractivity contribution is -0.134. The van der Waals surface area contributed by atoms with E-state index in [1.807, 2.05) is 23.1 Å². The van der Waals surface area contributed by atoms with Crippen LogP contribution in [-0.2, 0) is 9.59 Å². The van der Waals surface area contributed by atoms with Gasteiger partial charge in [-0.1, -0.05) is 31.4 Å². The molecule has 2 fully saturated rings. The first-order valence-corrected chi connectivity index (χ1v) is 11.0. The van der Waals surface area contributed by atoms with Gasteiger partial charge in [0.1, 0.15) is 5.01 Å². The van der Waals surface area contributed by atoms with Gasteiger partial charge in [0.15, 0.2) is 0 Å². The molecule has 6 heteroatoms. The van der Waals surface area contributed by atoms with Gasteiger partial charge >= 0.3 is 0 Å². The maximum atomic E-state index is 12.8. The number of thiazole rings is 1. The van der Waals surface area contributed by atoms with Gasteiger partial charge in [0.05, 0.1) is 16.3 Å². The van der Waals surface area contributed by atoms with E-state index in [1.54, 1.807) is 11.3 Å². The Hall–Kier alpha value is -1.95. The molecule has 1 saturated carbocycles. The Morgan fingerprint density at radius 2 is 1.89 bits per heavy atom. The number of nitrogens with zero attached hydrogens (tertiary/aromatic N) is 2. The Morgan fingerprint density at radius 3 is 2.70 bits per heavy atom. The molecule has 0 radical (unpaired) electrons. The van der Waals surface area contributed by atoms with Gasteiger partial charge in [-0.3, -0.25) is 9.59 Å². The lowest BCUT2D eigenvalue weighted by atomic mass is 9.95. The molecule has 1 N–H and O–H groups in total. The summed E-state index contributed by atoms with van der Waals surface area (Å²) in [4.78, 5) is 31.7. The highest BCUT2D eigenvalue weighted by Crippen LogP contribution is 2.36. The average Bonchev–Trinajstić information content (AvgIpc) is 3.33. The molecule has 4 rings (SSSR count). The number of carbonyl (C=O) groups is 2. The van der Waals surface area contributed by atoms with Crippen molar-refractivity contribution in [3.63, 3.8) is 0 Å². The first kappa shape index (κ1) is 18.4. The summed E-state index contributed by atoms with van der Waals surface area (Å²) in [5.41, 5.74) is 1.00. The molecule has 0 bridgehead atoms. The number of hydrogen-bond acceptors (Lipinski definition) is 4. The summed E-state index contributed by atoms with van der Waals surface area (Å²) in [7, 11) is 0. The summed E-state index contributed by atoms with van der Waals surface area (Å²) in [5, 5.41) is 4.13. The molecular formula is C21H27N3O2S. The molecule has 2 heterocycles. The summed E-state index contributed by atoms with van der Waals surface area (Å²) < 4.78 is 1.17. The van der Waals surface area contributed by atoms with Crippen molar-refractivity contribution in [1.82, 2.24) is 15.2 Å². The Kier molecular flexibility index (Phi) is 5.72. The van der Waals surface area contributed by atoms with Crippen LogP contribution in [-0.4, -0.2) is 34.3 Å². The highest BCUT2D eigenvalue weighted by atomic mass is 32.1. The zero-order valence-corrected chi connectivity index (χ0v) is 16.5. The SMILES string of the molecule is O=C(CCC(=O)N1CCC[C@@H]1c1nc2ccccc2s1)NC1CCCCC1. The van der Waals surface area contributed by atoms with Crippen LogP contribution in [0.4, 0.5) is 0 Å². The van der Waals surface area contributed by atoms with E-state index in [1.165, 1.54) is 24.0 Å². The fourth-order valence-electron chi connectivity index (χ4n) is 4.27. The zero-order valence-electron chi connectivity index (χ0n) is 15.7. The van der Waals surface area contributed by atoms with Gasteiger partial charge in [-0.15, -0.1) is 11.3 Å². The standard InChI is InChI=1S/C21H27N3O2S/c25-19(22-15-7-2-1-3-8-15)12-13-20(26)24-14-6-10-17(24)21-23-16-9-4-5-11-18(16)27-21/h4-5,9,11,15,17H,1-3,6-8,10,12-14H2,(H,22,25)/t17-/m1/s1. The van der Waals surface area contributed by atoms with Crippen LogP contribution in [0.2, 0.25) is 0 Å². The second kappa shape index (κ2) is 8.38. The third-order valence-electron chi connectivity index (χ3n) is 5.70. The topological polar surface area (TPSA) is 62.3 Å². The van der Waals surface area contributed by atoms with Crippen LogP contribution < -0.4 is 5.32 Å². The maximum absolute atomic E-state index is 12.8. The summed E-state index contributed by atoms with van der Waals surface area (Å²) in [6.45, 7) is 0.768. The van der Waals surface area contributed by atoms with Gasteiger partial charge in [-0.25, -0.2) is 4.98 Å². The molecule has 1 aromatic carbocycles. The number of fused-ring (bicyclic) bond motifs is 1. The van der Waals surface area contributed by atoms with Gasteiger partial charge in [-0.2, -0.15) is 0 Å². The number of likely N-dealkylation sites (tertiary alicyclic amines) is 1. The Balaban J connectivity index is 1.34. The zero-order chi connectivity index (χ0) is 18.6. The normalized spacial score (nSPS) is 20.9. The van der Waals surface area contributed by atoms with Crippen molar-refractivity contribution >= 4 is 33.4 Å². The number of amides is 2. The lowest BCUT2D eigenvalue weighted by Gasteiger charge is -2.24. The molecule has 2 amide bonds. The Bertz CT molecular complexity index is 780. The molecule has 0 unspecified atom stereocenters. The fourth-order valence-corrected chi connectivity index (χ4v) is 5.38. The van der Waals surface area contributed by atoms with Crippen molar-refractivity contribution in [3.05, 3.63) is 29.3 Å². The summed E-state index contributed by atoms with van der Waals surface area (Å²) in [6.07, 6.45) is 8.35. The first-order chi connectivity index (χ1) is 13.2. The van der Waals surface area contributed by atoms with E-state index < -0.39 is 0 Å². The summed E-state index contributed by atoms with van der Waals surface area (Å²) in [5.74, 6) is 0.0986. The van der Waals surface area contributed by atoms with Gasteiger partial charge < -0.3 is 10.2 Å². The molecule has 144 valence electrons. The largest absolute Gasteiger partial charge is 0.353 e. The number of hydrogen-bond donors (Lipinski definition) is 1. The monoisotopic (exact) mass is 385 g/mol. The number of rotatable bonds is 5. The van der Waals surface area contributed by atoms with E-state index in [2.05, 4.69) is 11.4 Å². The Labute approximate surface area is 164 Å². The van der Waals surface area contributed by atoms with Crippen LogP contribution >= 0.6 is 11.3 Å². The van der Waals surface area contributed by atoms with Crippen LogP contribution in [0.5, 0.6) is 0 Å². The molecule has 1 atom stereocenters. The number of nitrogens with one attached hydrogen (secondary N) is 1. The second-order valence-corrected chi connectivity index (χ2v) is 8.73. The van der Waals surface area contributed by atoms with E-state index in [9.17, 15) is 9.59 Å². The molecule has 2 aromatic rings. The molecule has 27 heavy (non-hydrogen) atoms. The molecule has 2 aliphatic rings. The Morgan fingerprint density at radius 1 is 1.07 bits per heavy atom. The predicted octanol–water partition coefficient (Wildman–Crippen LogP) is 4.19. The van der Waals surface area contributed by atoms with Gasteiger partial charge in [0.25, 0.3) is 0 Å². The summed E-state index contributed by atoms with van der Waals surface area (Å²) in [6, 6.07) is 8.49. The van der Waals surface area contributed by atoms with Crippen molar-refractivity contribution in [2.45, 2.75) is 69.9 Å². The first-order valence-electron chi connectivity index (χ1n) is 10.1. The third kappa shape index (κ3) is 4.32. The number of benzene rings is 1. The number of para-hydroxylation sites is 1. The van der Waals surface area contributed by atoms with Gasteiger partial charge in [0, 0.05) is 25.4 Å². The van der Waals surface area contributed by atoms with Gasteiger partial charge in [-0.05, 0) is 37.8 Å². The molecule has 1 saturated heterocycles. The molecule has 1 aliphatic heterocycles. The maximum Gasteiger partial charge on any atom is 0.223 e. The average molecular weight is 386 g/mol. The third-order valence-corrected chi connectivity index (χ3v) is 6.84. The van der Waals surface area contributed by atoms with Crippen LogP contribution in [0.25, 0.3) is 10.2 Å². The lowest BCUT2D eigenvalue weighted by Crippen LogP contribution is -2.37. The molecule has 0 spiro atoms. The number of carbonyl (C=O) groups excluding carboxylic acids is 2. The number of aromatic nitrogens is 1. The fraction of sp³-hybridized carbons (Fsp3) is 0.571. The van der Waals surface area contributed by atoms with Gasteiger partial charge in [0.2, 0.25) is 11.8 Å². The highest BCUT2D eigenvalue weighted by molar-refractivity contribution is 7.18. The summed E-state index contributed by atoms with van der Waals surface area (Å²) >= 11 is 1.68. The van der Waals surface area contributed by atoms with E-state index in [-0.39, 0.29) is 17.9 Å². The molecular weight excluding hydrogens is 358 g/mol. The van der Waals surface area contributed by atoms with Crippen LogP contribution in [0.1, 0.15) is 68.8 Å². The van der Waals surface area contributed by atoms with Crippen LogP contribution in [0.3, 0.4) is 0 Å². The minimum Gasteiger partial charge on any atom is -0.353 e. The smallest absolute Gasteiger partial charge is 0.223 e. The van der Waals surface area contributed by atoms with Crippen molar-refractivity contribution in [3.8, 4) is 0 Å². The van der Waals surface area contributed by atoms with E-state index in [4.69, 9.17) is 4.98 Å². The van der Waals surface area contributed by atoms with Crippen molar-refractivity contribution in [2.24, 2.45) is 0 Å². The molecule has 1 aliphatic carbocycles. The van der Waals surface area contributed by atoms with Crippen molar-refractivity contribution in [1.29, 1.82) is 0 Å².